The van der Waals surface area contributed by atoms with E-state index in [9.17, 15) is 5.26 Å². The molecule has 0 N–H and O–H groups in total. The number of pyridine rings is 2. The van der Waals surface area contributed by atoms with Crippen molar-refractivity contribution in [2.75, 3.05) is 24.5 Å². The Balaban J connectivity index is 1.35. The van der Waals surface area contributed by atoms with E-state index in [1.807, 2.05) is 43.3 Å². The molecule has 2 aliphatic heterocycles. The highest BCUT2D eigenvalue weighted by Crippen LogP contribution is 2.37. The van der Waals surface area contributed by atoms with Crippen molar-refractivity contribution in [2.24, 2.45) is 0 Å². The van der Waals surface area contributed by atoms with Crippen LogP contribution >= 0.6 is 0 Å². The average Bonchev–Trinajstić information content (AvgIpc) is 3.28. The molecule has 2 saturated heterocycles. The number of anilines is 1. The van der Waals surface area contributed by atoms with Crippen molar-refractivity contribution in [1.82, 2.24) is 20.0 Å². The van der Waals surface area contributed by atoms with Crippen LogP contribution in [0.4, 0.5) is 5.82 Å². The molecule has 7 heteroatoms. The van der Waals surface area contributed by atoms with Crippen molar-refractivity contribution in [3.8, 4) is 17.5 Å². The summed E-state index contributed by atoms with van der Waals surface area (Å²) in [6.07, 6.45) is 5.14. The zero-order valence-electron chi connectivity index (χ0n) is 17.0. The number of aromatic nitrogens is 3. The van der Waals surface area contributed by atoms with E-state index in [-0.39, 0.29) is 6.04 Å². The molecule has 0 aliphatic carbocycles. The Morgan fingerprint density at radius 3 is 2.97 bits per heavy atom. The van der Waals surface area contributed by atoms with Gasteiger partial charge in [-0.1, -0.05) is 11.2 Å². The Morgan fingerprint density at radius 1 is 1.17 bits per heavy atom. The van der Waals surface area contributed by atoms with Gasteiger partial charge < -0.3 is 9.42 Å². The Hall–Kier alpha value is -3.24. The monoisotopic (exact) mass is 400 g/mol. The second-order valence-electron chi connectivity index (χ2n) is 8.05. The predicted molar refractivity (Wildman–Crippen MR) is 113 cm³/mol. The molecule has 0 amide bonds. The summed E-state index contributed by atoms with van der Waals surface area (Å²) in [4.78, 5) is 13.9. The summed E-state index contributed by atoms with van der Waals surface area (Å²) >= 11 is 0. The number of aryl methyl sites for hydroxylation is 1. The summed E-state index contributed by atoms with van der Waals surface area (Å²) in [6, 6.07) is 14.6. The van der Waals surface area contributed by atoms with Gasteiger partial charge in [-0.15, -0.1) is 0 Å². The number of piperidine rings is 1. The molecule has 0 spiro atoms. The van der Waals surface area contributed by atoms with Crippen molar-refractivity contribution in [1.29, 1.82) is 5.26 Å². The van der Waals surface area contributed by atoms with Gasteiger partial charge in [-0.2, -0.15) is 5.26 Å². The highest BCUT2D eigenvalue weighted by atomic mass is 16.5. The summed E-state index contributed by atoms with van der Waals surface area (Å²) < 4.78 is 5.66. The van der Waals surface area contributed by atoms with Crippen LogP contribution in [0.15, 0.2) is 47.1 Å². The van der Waals surface area contributed by atoms with Gasteiger partial charge in [0.05, 0.1) is 11.6 Å². The minimum absolute atomic E-state index is 0.257. The molecule has 7 nitrogen and oxygen atoms in total. The van der Waals surface area contributed by atoms with E-state index in [1.54, 1.807) is 6.20 Å². The van der Waals surface area contributed by atoms with E-state index in [4.69, 9.17) is 4.52 Å². The smallest absolute Gasteiger partial charge is 0.185 e. The van der Waals surface area contributed by atoms with Gasteiger partial charge in [-0.25, -0.2) is 9.97 Å². The average molecular weight is 400 g/mol. The fourth-order valence-electron chi connectivity index (χ4n) is 4.74. The van der Waals surface area contributed by atoms with Gasteiger partial charge in [0, 0.05) is 43.6 Å². The van der Waals surface area contributed by atoms with Gasteiger partial charge in [0.15, 0.2) is 5.76 Å². The molecule has 0 aromatic carbocycles. The molecule has 2 fully saturated rings. The van der Waals surface area contributed by atoms with Crippen LogP contribution in [0.25, 0.3) is 11.5 Å². The van der Waals surface area contributed by atoms with Crippen molar-refractivity contribution < 1.29 is 4.52 Å². The van der Waals surface area contributed by atoms with Crippen LogP contribution in [-0.4, -0.2) is 45.7 Å². The Bertz CT molecular complexity index is 1090. The molecule has 2 aliphatic rings. The van der Waals surface area contributed by atoms with Gasteiger partial charge in [0.2, 0.25) is 0 Å². The maximum absolute atomic E-state index is 9.43. The molecule has 3 aromatic heterocycles. The van der Waals surface area contributed by atoms with Gasteiger partial charge in [-0.05, 0) is 50.5 Å². The van der Waals surface area contributed by atoms with Crippen LogP contribution in [0.5, 0.6) is 0 Å². The highest BCUT2D eigenvalue weighted by molar-refractivity contribution is 5.54. The molecule has 5 rings (SSSR count). The van der Waals surface area contributed by atoms with E-state index in [0.717, 1.165) is 67.6 Å². The number of nitriles is 1. The third-order valence-corrected chi connectivity index (χ3v) is 6.16. The van der Waals surface area contributed by atoms with Gasteiger partial charge >= 0.3 is 0 Å². The normalized spacial score (nSPS) is 21.8. The zero-order chi connectivity index (χ0) is 20.5. The summed E-state index contributed by atoms with van der Waals surface area (Å²) in [5, 5.41) is 13.9. The van der Waals surface area contributed by atoms with E-state index < -0.39 is 0 Å². The summed E-state index contributed by atoms with van der Waals surface area (Å²) in [5.74, 6) is 1.53. The van der Waals surface area contributed by atoms with Crippen molar-refractivity contribution in [3.63, 3.8) is 0 Å². The third-order valence-electron chi connectivity index (χ3n) is 6.16. The molecule has 30 heavy (non-hydrogen) atoms. The first-order valence-electron chi connectivity index (χ1n) is 10.5. The molecule has 152 valence electrons. The first-order chi connectivity index (χ1) is 14.7. The quantitative estimate of drug-likeness (QED) is 0.662. The van der Waals surface area contributed by atoms with Crippen LogP contribution in [0, 0.1) is 18.3 Å². The van der Waals surface area contributed by atoms with E-state index in [1.165, 1.54) is 0 Å². The topological polar surface area (TPSA) is 82.1 Å². The number of nitrogens with zero attached hydrogens (tertiary/aromatic N) is 6. The number of hydrogen-bond acceptors (Lipinski definition) is 7. The SMILES string of the molecule is Cc1cccc(-c2cc([C@H]3CCC[C@H]4CN(c5ncccc5C#N)CCN43)no2)n1. The number of fused-ring (bicyclic) bond motifs is 1. The molecule has 2 atom stereocenters. The summed E-state index contributed by atoms with van der Waals surface area (Å²) in [6.45, 7) is 4.63. The van der Waals surface area contributed by atoms with E-state index in [2.05, 4.69) is 31.0 Å². The second-order valence-corrected chi connectivity index (χ2v) is 8.05. The molecule has 0 radical (unpaired) electrons. The molecular weight excluding hydrogens is 376 g/mol. The van der Waals surface area contributed by atoms with Crippen LogP contribution in [0.1, 0.15) is 42.3 Å². The standard InChI is InChI=1S/C23H24N6O/c1-16-5-2-8-19(26-16)22-13-20(27-30-22)21-9-3-7-18-15-28(11-12-29(18)21)23-17(14-24)6-4-10-25-23/h2,4-6,8,10,13,18,21H,3,7,9,11-12,15H2,1H3/t18-,21+/m0/s1. The van der Waals surface area contributed by atoms with Crippen LogP contribution in [0.2, 0.25) is 0 Å². The lowest BCUT2D eigenvalue weighted by Gasteiger charge is -2.48. The molecular formula is C23H24N6O. The molecule has 0 unspecified atom stereocenters. The van der Waals surface area contributed by atoms with Crippen molar-refractivity contribution in [2.45, 2.75) is 38.3 Å². The van der Waals surface area contributed by atoms with Crippen molar-refractivity contribution in [3.05, 3.63) is 59.5 Å². The number of piperazine rings is 1. The van der Waals surface area contributed by atoms with Crippen LogP contribution < -0.4 is 4.90 Å². The van der Waals surface area contributed by atoms with Gasteiger partial charge in [-0.3, -0.25) is 4.90 Å². The zero-order valence-corrected chi connectivity index (χ0v) is 17.0. The predicted octanol–water partition coefficient (Wildman–Crippen LogP) is 3.73. The summed E-state index contributed by atoms with van der Waals surface area (Å²) in [5.41, 5.74) is 3.42. The second kappa shape index (κ2) is 7.88. The maximum atomic E-state index is 9.43. The molecule has 3 aromatic rings. The lowest BCUT2D eigenvalue weighted by atomic mass is 9.91. The van der Waals surface area contributed by atoms with Gasteiger partial charge in [0.25, 0.3) is 0 Å². The first kappa shape index (κ1) is 18.8. The van der Waals surface area contributed by atoms with E-state index >= 15 is 0 Å². The fraction of sp³-hybridized carbons (Fsp3) is 0.391. The fourth-order valence-corrected chi connectivity index (χ4v) is 4.74. The summed E-state index contributed by atoms with van der Waals surface area (Å²) in [7, 11) is 0. The maximum Gasteiger partial charge on any atom is 0.185 e. The van der Waals surface area contributed by atoms with Gasteiger partial charge in [0.1, 0.15) is 23.3 Å². The van der Waals surface area contributed by atoms with Crippen molar-refractivity contribution >= 4 is 5.82 Å². The number of rotatable bonds is 3. The lowest BCUT2D eigenvalue weighted by molar-refractivity contribution is 0.0673. The molecule has 5 heterocycles. The van der Waals surface area contributed by atoms with E-state index in [0.29, 0.717) is 11.6 Å². The first-order valence-corrected chi connectivity index (χ1v) is 10.5. The Morgan fingerprint density at radius 2 is 2.10 bits per heavy atom. The molecule has 0 bridgehead atoms. The number of hydrogen-bond donors (Lipinski definition) is 0. The third kappa shape index (κ3) is 3.44. The van der Waals surface area contributed by atoms with Crippen LogP contribution in [0.3, 0.4) is 0 Å². The minimum atomic E-state index is 0.257. The minimum Gasteiger partial charge on any atom is -0.354 e. The van der Waals surface area contributed by atoms with Crippen LogP contribution in [-0.2, 0) is 0 Å². The lowest BCUT2D eigenvalue weighted by Crippen LogP contribution is -2.56. The largest absolute Gasteiger partial charge is 0.354 e. The Kier molecular flexibility index (Phi) is 4.93. The highest BCUT2D eigenvalue weighted by Gasteiger charge is 2.37. The molecule has 0 saturated carbocycles. The Labute approximate surface area is 176 Å².